The van der Waals surface area contributed by atoms with Crippen molar-refractivity contribution in [2.75, 3.05) is 0 Å². The van der Waals surface area contributed by atoms with E-state index in [2.05, 4.69) is 37.3 Å². The molecular formula is C14H16. The highest BCUT2D eigenvalue weighted by atomic mass is 14.5. The van der Waals surface area contributed by atoms with Gasteiger partial charge < -0.3 is 0 Å². The van der Waals surface area contributed by atoms with Gasteiger partial charge in [-0.05, 0) is 49.2 Å². The van der Waals surface area contributed by atoms with E-state index in [1.54, 1.807) is 11.1 Å². The summed E-state index contributed by atoms with van der Waals surface area (Å²) in [5, 5.41) is 0. The van der Waals surface area contributed by atoms with E-state index >= 15 is 0 Å². The summed E-state index contributed by atoms with van der Waals surface area (Å²) < 4.78 is 0. The van der Waals surface area contributed by atoms with E-state index in [0.717, 1.165) is 11.8 Å². The second kappa shape index (κ2) is 2.98. The Balaban J connectivity index is 1.92. The normalized spacial score (nSPS) is 34.2. The first-order valence-corrected chi connectivity index (χ1v) is 5.62. The molecule has 0 aromatic rings. The van der Waals surface area contributed by atoms with E-state index < -0.39 is 0 Å². The maximum Gasteiger partial charge on any atom is -0.00844 e. The molecule has 0 bridgehead atoms. The second-order valence-electron chi connectivity index (χ2n) is 4.62. The predicted molar refractivity (Wildman–Crippen MR) is 59.9 cm³/mol. The third kappa shape index (κ3) is 1.21. The molecule has 14 heavy (non-hydrogen) atoms. The lowest BCUT2D eigenvalue weighted by Crippen LogP contribution is -1.99. The Hall–Kier alpha value is -1.04. The summed E-state index contributed by atoms with van der Waals surface area (Å²) in [5.41, 5.74) is 4.67. The van der Waals surface area contributed by atoms with Crippen molar-refractivity contribution in [3.8, 4) is 0 Å². The lowest BCUT2D eigenvalue weighted by molar-refractivity contribution is 0.865. The van der Waals surface area contributed by atoms with Crippen LogP contribution in [0.3, 0.4) is 0 Å². The zero-order chi connectivity index (χ0) is 9.54. The van der Waals surface area contributed by atoms with Gasteiger partial charge in [-0.1, -0.05) is 36.0 Å². The van der Waals surface area contributed by atoms with Crippen LogP contribution in [0.2, 0.25) is 0 Å². The smallest absolute Gasteiger partial charge is 0.00844 e. The Kier molecular flexibility index (Phi) is 1.76. The van der Waals surface area contributed by atoms with Gasteiger partial charge in [-0.15, -0.1) is 0 Å². The Morgan fingerprint density at radius 1 is 1.14 bits per heavy atom. The standard InChI is InChI=1S/C14H16/c1-10-7-8-12(14-9-13(10)14)11-5-3-2-4-6-11/h3,5-8,13-14H,2,4,9H2,1H3. The maximum atomic E-state index is 2.40. The molecular weight excluding hydrogens is 168 g/mol. The fourth-order valence-corrected chi connectivity index (χ4v) is 2.65. The van der Waals surface area contributed by atoms with Gasteiger partial charge in [0.2, 0.25) is 0 Å². The molecule has 0 aliphatic heterocycles. The molecule has 2 atom stereocenters. The van der Waals surface area contributed by atoms with Crippen molar-refractivity contribution < 1.29 is 0 Å². The van der Waals surface area contributed by atoms with Gasteiger partial charge in [-0.3, -0.25) is 0 Å². The molecule has 3 aliphatic rings. The first-order chi connectivity index (χ1) is 6.86. The van der Waals surface area contributed by atoms with Crippen LogP contribution in [0.15, 0.2) is 47.1 Å². The van der Waals surface area contributed by atoms with Gasteiger partial charge in [0.05, 0.1) is 0 Å². The molecule has 0 aromatic heterocycles. The van der Waals surface area contributed by atoms with Crippen LogP contribution in [0.25, 0.3) is 0 Å². The average Bonchev–Trinajstić information content (AvgIpc) is 3.00. The van der Waals surface area contributed by atoms with Crippen molar-refractivity contribution in [1.29, 1.82) is 0 Å². The molecule has 0 spiro atoms. The molecule has 0 aromatic carbocycles. The van der Waals surface area contributed by atoms with Gasteiger partial charge >= 0.3 is 0 Å². The summed E-state index contributed by atoms with van der Waals surface area (Å²) in [6, 6.07) is 0. The first-order valence-electron chi connectivity index (χ1n) is 5.62. The van der Waals surface area contributed by atoms with Crippen LogP contribution in [0, 0.1) is 11.8 Å². The topological polar surface area (TPSA) is 0 Å². The lowest BCUT2D eigenvalue weighted by atomic mass is 9.91. The molecule has 3 rings (SSSR count). The van der Waals surface area contributed by atoms with Crippen molar-refractivity contribution in [3.63, 3.8) is 0 Å². The first kappa shape index (κ1) is 8.28. The average molecular weight is 184 g/mol. The van der Waals surface area contributed by atoms with Gasteiger partial charge in [0.15, 0.2) is 0 Å². The zero-order valence-corrected chi connectivity index (χ0v) is 8.66. The largest absolute Gasteiger partial charge is 0.0836 e. The third-order valence-electron chi connectivity index (χ3n) is 3.63. The molecule has 0 nitrogen and oxygen atoms in total. The zero-order valence-electron chi connectivity index (χ0n) is 8.66. The molecule has 2 unspecified atom stereocenters. The van der Waals surface area contributed by atoms with Crippen molar-refractivity contribution in [2.24, 2.45) is 11.8 Å². The molecule has 0 heteroatoms. The molecule has 1 fully saturated rings. The molecule has 0 amide bonds. The number of allylic oxidation sites excluding steroid dienone is 8. The molecule has 0 radical (unpaired) electrons. The Labute approximate surface area is 85.7 Å². The summed E-state index contributed by atoms with van der Waals surface area (Å²) in [7, 11) is 0. The summed E-state index contributed by atoms with van der Waals surface area (Å²) in [6.45, 7) is 2.27. The molecule has 3 aliphatic carbocycles. The minimum absolute atomic E-state index is 0.856. The molecule has 0 N–H and O–H groups in total. The Morgan fingerprint density at radius 3 is 2.86 bits per heavy atom. The van der Waals surface area contributed by atoms with E-state index in [-0.39, 0.29) is 0 Å². The highest BCUT2D eigenvalue weighted by Crippen LogP contribution is 2.53. The Bertz CT molecular complexity index is 377. The molecule has 0 heterocycles. The minimum Gasteiger partial charge on any atom is -0.0836 e. The monoisotopic (exact) mass is 184 g/mol. The predicted octanol–water partition coefficient (Wildman–Crippen LogP) is 3.79. The van der Waals surface area contributed by atoms with E-state index in [4.69, 9.17) is 0 Å². The van der Waals surface area contributed by atoms with Gasteiger partial charge in [-0.2, -0.15) is 0 Å². The summed E-state index contributed by atoms with van der Waals surface area (Å²) in [4.78, 5) is 0. The Morgan fingerprint density at radius 2 is 2.07 bits per heavy atom. The number of rotatable bonds is 1. The molecule has 1 saturated carbocycles. The van der Waals surface area contributed by atoms with Gasteiger partial charge in [0.1, 0.15) is 0 Å². The van der Waals surface area contributed by atoms with E-state index in [0.29, 0.717) is 0 Å². The van der Waals surface area contributed by atoms with Crippen LogP contribution >= 0.6 is 0 Å². The molecule has 72 valence electrons. The van der Waals surface area contributed by atoms with E-state index in [9.17, 15) is 0 Å². The van der Waals surface area contributed by atoms with Crippen molar-refractivity contribution >= 4 is 0 Å². The fraction of sp³-hybridized carbons (Fsp3) is 0.429. The van der Waals surface area contributed by atoms with Gasteiger partial charge in [0, 0.05) is 0 Å². The number of hydrogen-bond acceptors (Lipinski definition) is 0. The van der Waals surface area contributed by atoms with Crippen LogP contribution < -0.4 is 0 Å². The minimum atomic E-state index is 0.856. The van der Waals surface area contributed by atoms with Crippen molar-refractivity contribution in [2.45, 2.75) is 26.2 Å². The van der Waals surface area contributed by atoms with Crippen LogP contribution in [-0.4, -0.2) is 0 Å². The van der Waals surface area contributed by atoms with Crippen LogP contribution in [0.4, 0.5) is 0 Å². The summed E-state index contributed by atoms with van der Waals surface area (Å²) >= 11 is 0. The van der Waals surface area contributed by atoms with Crippen LogP contribution in [-0.2, 0) is 0 Å². The quantitative estimate of drug-likeness (QED) is 0.581. The van der Waals surface area contributed by atoms with E-state index in [1.807, 2.05) is 0 Å². The summed E-state index contributed by atoms with van der Waals surface area (Å²) in [6.07, 6.45) is 15.5. The van der Waals surface area contributed by atoms with Gasteiger partial charge in [0.25, 0.3) is 0 Å². The highest BCUT2D eigenvalue weighted by molar-refractivity contribution is 5.50. The SMILES string of the molecule is CC1=CC=C(C2=CCCC=C2)C2CC12. The fourth-order valence-electron chi connectivity index (χ4n) is 2.65. The molecule has 0 saturated heterocycles. The van der Waals surface area contributed by atoms with Crippen LogP contribution in [0.1, 0.15) is 26.2 Å². The maximum absolute atomic E-state index is 2.40. The van der Waals surface area contributed by atoms with Crippen molar-refractivity contribution in [3.05, 3.63) is 47.1 Å². The number of hydrogen-bond donors (Lipinski definition) is 0. The van der Waals surface area contributed by atoms with Crippen LogP contribution in [0.5, 0.6) is 0 Å². The number of fused-ring (bicyclic) bond motifs is 1. The highest BCUT2D eigenvalue weighted by Gasteiger charge is 2.42. The van der Waals surface area contributed by atoms with Gasteiger partial charge in [-0.25, -0.2) is 0 Å². The van der Waals surface area contributed by atoms with E-state index in [1.165, 1.54) is 24.8 Å². The lowest BCUT2D eigenvalue weighted by Gasteiger charge is -2.14. The third-order valence-corrected chi connectivity index (χ3v) is 3.63. The van der Waals surface area contributed by atoms with Crippen molar-refractivity contribution in [1.82, 2.24) is 0 Å². The summed E-state index contributed by atoms with van der Waals surface area (Å²) in [5.74, 6) is 1.74. The second-order valence-corrected chi connectivity index (χ2v) is 4.62.